The molecule has 1 aliphatic heterocycles. The maximum absolute atomic E-state index is 12.0. The van der Waals surface area contributed by atoms with Gasteiger partial charge in [0, 0.05) is 36.9 Å². The van der Waals surface area contributed by atoms with Crippen molar-refractivity contribution in [1.29, 1.82) is 5.26 Å². The molecule has 4 heterocycles. The van der Waals surface area contributed by atoms with E-state index in [1.807, 2.05) is 6.07 Å². The van der Waals surface area contributed by atoms with Crippen molar-refractivity contribution in [2.45, 2.75) is 6.54 Å². The molecule has 32 heavy (non-hydrogen) atoms. The normalized spacial score (nSPS) is 13.7. The average molecular weight is 449 g/mol. The van der Waals surface area contributed by atoms with Crippen LogP contribution in [0, 0.1) is 11.3 Å². The van der Waals surface area contributed by atoms with Crippen LogP contribution in [0.5, 0.6) is 0 Å². The van der Waals surface area contributed by atoms with Gasteiger partial charge >= 0.3 is 0 Å². The van der Waals surface area contributed by atoms with Crippen LogP contribution >= 0.6 is 0 Å². The first-order chi connectivity index (χ1) is 15.3. The predicted octanol–water partition coefficient (Wildman–Crippen LogP) is 1.77. The predicted molar refractivity (Wildman–Crippen MR) is 121 cm³/mol. The van der Waals surface area contributed by atoms with Crippen LogP contribution < -0.4 is 9.62 Å². The van der Waals surface area contributed by atoms with Crippen LogP contribution in [0.2, 0.25) is 0 Å². The first-order valence-electron chi connectivity index (χ1n) is 9.57. The summed E-state index contributed by atoms with van der Waals surface area (Å²) in [6.07, 6.45) is 7.20. The lowest BCUT2D eigenvalue weighted by molar-refractivity contribution is -0.113. The van der Waals surface area contributed by atoms with Crippen LogP contribution in [-0.2, 0) is 21.4 Å². The Morgan fingerprint density at radius 2 is 2.12 bits per heavy atom. The van der Waals surface area contributed by atoms with Crippen molar-refractivity contribution in [3.8, 4) is 6.07 Å². The number of fused-ring (bicyclic) bond motifs is 1. The molecule has 0 unspecified atom stereocenters. The van der Waals surface area contributed by atoms with E-state index in [2.05, 4.69) is 31.3 Å². The van der Waals surface area contributed by atoms with E-state index >= 15 is 0 Å². The number of ketones is 1. The number of pyridine rings is 2. The fraction of sp³-hybridized carbons (Fsp3) is 0.190. The molecule has 0 atom stereocenters. The van der Waals surface area contributed by atoms with Gasteiger partial charge in [-0.05, 0) is 24.3 Å². The number of carbonyl (C=O) groups is 1. The number of sulfonamides is 1. The smallest absolute Gasteiger partial charge is 0.233 e. The van der Waals surface area contributed by atoms with Gasteiger partial charge in [0.15, 0.2) is 5.78 Å². The summed E-state index contributed by atoms with van der Waals surface area (Å²) < 4.78 is 25.1. The number of hydrogen-bond acceptors (Lipinski definition) is 8. The Hall–Kier alpha value is -4.04. The van der Waals surface area contributed by atoms with E-state index in [1.165, 1.54) is 25.5 Å². The van der Waals surface area contributed by atoms with E-state index in [9.17, 15) is 18.5 Å². The van der Waals surface area contributed by atoms with Crippen LogP contribution in [0.1, 0.15) is 16.8 Å². The third-order valence-electron chi connectivity index (χ3n) is 5.01. The topological polar surface area (TPSA) is 144 Å². The van der Waals surface area contributed by atoms with Gasteiger partial charge in [0.05, 0.1) is 28.9 Å². The third kappa shape index (κ3) is 4.08. The van der Waals surface area contributed by atoms with Gasteiger partial charge in [-0.15, -0.1) is 0 Å². The first-order valence-corrected chi connectivity index (χ1v) is 11.4. The number of anilines is 2. The Morgan fingerprint density at radius 3 is 2.81 bits per heavy atom. The number of H-pyrrole nitrogens is 1. The summed E-state index contributed by atoms with van der Waals surface area (Å²) in [6.45, 7) is 0.313. The van der Waals surface area contributed by atoms with Crippen LogP contribution in [0.15, 0.2) is 47.7 Å². The van der Waals surface area contributed by atoms with Crippen LogP contribution in [-0.4, -0.2) is 54.7 Å². The maximum atomic E-state index is 12.0. The van der Waals surface area contributed by atoms with Crippen molar-refractivity contribution >= 4 is 44.1 Å². The molecular formula is C21H19N7O3S. The van der Waals surface area contributed by atoms with E-state index in [0.717, 1.165) is 10.6 Å². The quantitative estimate of drug-likeness (QED) is 0.583. The van der Waals surface area contributed by atoms with E-state index in [0.29, 0.717) is 45.1 Å². The second-order valence-corrected chi connectivity index (χ2v) is 9.19. The zero-order chi connectivity index (χ0) is 22.9. The minimum absolute atomic E-state index is 0.0663. The third-order valence-corrected chi connectivity index (χ3v) is 6.17. The van der Waals surface area contributed by atoms with Gasteiger partial charge in [-0.3, -0.25) is 14.1 Å². The molecule has 1 aliphatic rings. The Labute approximate surface area is 184 Å². The average Bonchev–Trinajstić information content (AvgIpc) is 3.21. The molecule has 3 aromatic rings. The molecule has 2 N–H and O–H groups in total. The van der Waals surface area contributed by atoms with Crippen molar-refractivity contribution in [3.05, 3.63) is 59.6 Å². The molecule has 0 radical (unpaired) electrons. The molecule has 0 spiro atoms. The number of dihydropyridines is 1. The van der Waals surface area contributed by atoms with Gasteiger partial charge < -0.3 is 10.3 Å². The van der Waals surface area contributed by atoms with Crippen LogP contribution in [0.25, 0.3) is 11.0 Å². The molecule has 0 aliphatic carbocycles. The molecule has 0 amide bonds. The van der Waals surface area contributed by atoms with Crippen molar-refractivity contribution in [3.63, 3.8) is 0 Å². The van der Waals surface area contributed by atoms with Crippen LogP contribution in [0.4, 0.5) is 11.5 Å². The van der Waals surface area contributed by atoms with E-state index in [-0.39, 0.29) is 18.9 Å². The van der Waals surface area contributed by atoms with Crippen molar-refractivity contribution in [2.24, 2.45) is 4.99 Å². The summed E-state index contributed by atoms with van der Waals surface area (Å²) in [4.78, 5) is 27.3. The molecule has 11 heteroatoms. The standard InChI is InChI=1S/C21H19N7O3S/c1-28(32(2,30)31)21-13(4-3-7-23-21)10-25-19-14(9-22)11-26-20-16(19)8-18(27-20)17-6-5-15(29)12-24-17/h3-8,11H,10,12H2,1-2H3,(H2,25,26,27). The lowest BCUT2D eigenvalue weighted by Gasteiger charge is -2.19. The number of aromatic amines is 1. The lowest BCUT2D eigenvalue weighted by atomic mass is 10.1. The van der Waals surface area contributed by atoms with Gasteiger partial charge in [0.1, 0.15) is 24.1 Å². The van der Waals surface area contributed by atoms with Gasteiger partial charge in [-0.1, -0.05) is 6.07 Å². The highest BCUT2D eigenvalue weighted by atomic mass is 32.2. The lowest BCUT2D eigenvalue weighted by Crippen LogP contribution is -2.27. The zero-order valence-electron chi connectivity index (χ0n) is 17.3. The molecule has 0 fully saturated rings. The molecule has 4 rings (SSSR count). The second kappa shape index (κ2) is 8.24. The summed E-state index contributed by atoms with van der Waals surface area (Å²) in [5, 5.41) is 13.5. The Kier molecular flexibility index (Phi) is 5.46. The number of nitrogens with zero attached hydrogens (tertiary/aromatic N) is 5. The number of aromatic nitrogens is 3. The van der Waals surface area contributed by atoms with Crippen molar-refractivity contribution < 1.29 is 13.2 Å². The molecule has 3 aromatic heterocycles. The summed E-state index contributed by atoms with van der Waals surface area (Å²) in [6, 6.07) is 7.43. The second-order valence-electron chi connectivity index (χ2n) is 7.18. The number of aliphatic imine (C=N–C) groups is 1. The fourth-order valence-corrected chi connectivity index (χ4v) is 3.77. The number of carbonyl (C=O) groups excluding carboxylic acids is 1. The van der Waals surface area contributed by atoms with Crippen LogP contribution in [0.3, 0.4) is 0 Å². The molecule has 162 valence electrons. The van der Waals surface area contributed by atoms with E-state index in [1.54, 1.807) is 18.2 Å². The highest BCUT2D eigenvalue weighted by Gasteiger charge is 2.19. The first kappa shape index (κ1) is 21.2. The highest BCUT2D eigenvalue weighted by molar-refractivity contribution is 7.92. The number of nitrogens with one attached hydrogen (secondary N) is 2. The number of allylic oxidation sites excluding steroid dienone is 1. The Balaban J connectivity index is 1.70. The SMILES string of the molecule is CN(c1ncccc1CNc1c(C#N)cnc2[nH]c(C3=NCC(=O)C=C3)cc12)S(C)(=O)=O. The fourth-order valence-electron chi connectivity index (χ4n) is 3.30. The van der Waals surface area contributed by atoms with Crippen molar-refractivity contribution in [1.82, 2.24) is 15.0 Å². The number of nitriles is 1. The summed E-state index contributed by atoms with van der Waals surface area (Å²) in [5.41, 5.74) is 3.37. The molecule has 0 saturated carbocycles. The van der Waals surface area contributed by atoms with Gasteiger partial charge in [0.2, 0.25) is 10.0 Å². The van der Waals surface area contributed by atoms with Gasteiger partial charge in [0.25, 0.3) is 0 Å². The van der Waals surface area contributed by atoms with Gasteiger partial charge in [-0.25, -0.2) is 18.4 Å². The van der Waals surface area contributed by atoms with E-state index in [4.69, 9.17) is 0 Å². The molecule has 0 bridgehead atoms. The molecule has 10 nitrogen and oxygen atoms in total. The molecular weight excluding hydrogens is 430 g/mol. The van der Waals surface area contributed by atoms with Crippen molar-refractivity contribution in [2.75, 3.05) is 29.5 Å². The minimum atomic E-state index is -3.49. The number of hydrogen-bond donors (Lipinski definition) is 2. The monoisotopic (exact) mass is 449 g/mol. The summed E-state index contributed by atoms with van der Waals surface area (Å²) in [7, 11) is -2.05. The number of rotatable bonds is 6. The van der Waals surface area contributed by atoms with Gasteiger partial charge in [-0.2, -0.15) is 5.26 Å². The minimum Gasteiger partial charge on any atom is -0.379 e. The highest BCUT2D eigenvalue weighted by Crippen LogP contribution is 2.28. The molecule has 0 aromatic carbocycles. The summed E-state index contributed by atoms with van der Waals surface area (Å²) >= 11 is 0. The Bertz CT molecular complexity index is 1430. The Morgan fingerprint density at radius 1 is 1.31 bits per heavy atom. The van der Waals surface area contributed by atoms with E-state index < -0.39 is 10.0 Å². The maximum Gasteiger partial charge on any atom is 0.233 e. The zero-order valence-corrected chi connectivity index (χ0v) is 18.1. The largest absolute Gasteiger partial charge is 0.379 e. The summed E-state index contributed by atoms with van der Waals surface area (Å²) in [5.74, 6) is 0.232. The molecule has 0 saturated heterocycles.